The van der Waals surface area contributed by atoms with Crippen LogP contribution in [0.2, 0.25) is 0 Å². The molecule has 16 heteroatoms. The molecule has 45 heavy (non-hydrogen) atoms. The summed E-state index contributed by atoms with van der Waals surface area (Å²) in [6, 6.07) is 13.6. The summed E-state index contributed by atoms with van der Waals surface area (Å²) in [4.78, 5) is 28.5. The van der Waals surface area contributed by atoms with Gasteiger partial charge in [0.1, 0.15) is 29.1 Å². The second-order valence-electron chi connectivity index (χ2n) is 11.2. The molecule has 0 radical (unpaired) electrons. The highest BCUT2D eigenvalue weighted by atomic mass is 32.2. The normalized spacial score (nSPS) is 19.4. The van der Waals surface area contributed by atoms with Crippen LogP contribution in [0.3, 0.4) is 0 Å². The Morgan fingerprint density at radius 3 is 2.53 bits per heavy atom. The Morgan fingerprint density at radius 2 is 1.82 bits per heavy atom. The van der Waals surface area contributed by atoms with Crippen LogP contribution in [-0.2, 0) is 29.4 Å². The van der Waals surface area contributed by atoms with Crippen molar-refractivity contribution >= 4 is 42.8 Å². The number of carboxylic acid groups (broad SMARTS) is 1. The third kappa shape index (κ3) is 7.36. The van der Waals surface area contributed by atoms with Gasteiger partial charge in [0, 0.05) is 24.7 Å². The molecule has 2 fully saturated rings. The third-order valence-electron chi connectivity index (χ3n) is 8.06. The number of carbonyl (C=O) groups excluding carboxylic acids is 1. The van der Waals surface area contributed by atoms with Crippen LogP contribution in [0.4, 0.5) is 4.79 Å². The molecule has 2 aliphatic heterocycles. The molecule has 0 saturated carbocycles. The van der Waals surface area contributed by atoms with E-state index in [4.69, 9.17) is 15.2 Å². The van der Waals surface area contributed by atoms with Gasteiger partial charge in [0.05, 0.1) is 35.2 Å². The monoisotopic (exact) mass is 662 g/mol. The quantitative estimate of drug-likeness (QED) is 0.266. The molecule has 0 bridgehead atoms. The van der Waals surface area contributed by atoms with Gasteiger partial charge >= 0.3 is 6.09 Å². The zero-order valence-corrected chi connectivity index (χ0v) is 25.8. The lowest BCUT2D eigenvalue weighted by Gasteiger charge is -2.38. The number of nitrogens with zero attached hydrogens (tertiary/aromatic N) is 3. The van der Waals surface area contributed by atoms with E-state index >= 15 is 0 Å². The molecule has 5 rings (SSSR count). The molecular formula is C29H34N4O10S2. The lowest BCUT2D eigenvalue weighted by Crippen LogP contribution is -2.48. The molecule has 2 amide bonds. The van der Waals surface area contributed by atoms with E-state index < -0.39 is 55.4 Å². The molecule has 2 aromatic carbocycles. The lowest BCUT2D eigenvalue weighted by atomic mass is 9.88. The first-order valence-corrected chi connectivity index (χ1v) is 17.3. The first-order chi connectivity index (χ1) is 21.3. The largest absolute Gasteiger partial charge is 0.491 e. The first kappa shape index (κ1) is 32.6. The Bertz CT molecular complexity index is 1790. The number of carbonyl (C=O) groups is 2. The van der Waals surface area contributed by atoms with E-state index in [1.165, 1.54) is 34.8 Å². The maximum atomic E-state index is 13.4. The van der Waals surface area contributed by atoms with Gasteiger partial charge in [-0.2, -0.15) is 4.31 Å². The number of aliphatic hydroxyl groups excluding tert-OH is 1. The number of sulfonamides is 1. The zero-order valence-electron chi connectivity index (χ0n) is 24.2. The highest BCUT2D eigenvalue weighted by Gasteiger charge is 2.47. The number of hydrogen-bond donors (Lipinski definition) is 3. The van der Waals surface area contributed by atoms with E-state index in [0.29, 0.717) is 24.8 Å². The Kier molecular flexibility index (Phi) is 9.32. The first-order valence-electron chi connectivity index (χ1n) is 14.2. The van der Waals surface area contributed by atoms with E-state index in [-0.39, 0.29) is 48.4 Å². The predicted octanol–water partition coefficient (Wildman–Crippen LogP) is 1.23. The number of hydrogen-bond acceptors (Lipinski definition) is 10. The van der Waals surface area contributed by atoms with Crippen LogP contribution in [0.25, 0.3) is 10.9 Å². The number of ether oxygens (including phenoxy) is 2. The van der Waals surface area contributed by atoms with Crippen molar-refractivity contribution in [2.24, 2.45) is 5.73 Å². The number of primary amides is 1. The molecule has 2 aliphatic rings. The predicted molar refractivity (Wildman–Crippen MR) is 161 cm³/mol. The van der Waals surface area contributed by atoms with Gasteiger partial charge in [0.15, 0.2) is 9.84 Å². The Morgan fingerprint density at radius 1 is 1.09 bits per heavy atom. The van der Waals surface area contributed by atoms with Crippen LogP contribution in [-0.4, -0.2) is 110 Å². The molecular weight excluding hydrogens is 628 g/mol. The number of nitrogens with two attached hydrogens (primary N) is 1. The van der Waals surface area contributed by atoms with Crippen LogP contribution in [0.15, 0.2) is 70.6 Å². The summed E-state index contributed by atoms with van der Waals surface area (Å²) < 4.78 is 64.3. The minimum Gasteiger partial charge on any atom is -0.491 e. The lowest BCUT2D eigenvalue weighted by molar-refractivity contribution is -0.115. The number of piperidine rings is 1. The van der Waals surface area contributed by atoms with Crippen LogP contribution < -0.4 is 10.5 Å². The number of aromatic nitrogens is 1. The van der Waals surface area contributed by atoms with E-state index in [0.717, 1.165) is 10.3 Å². The molecule has 2 atom stereocenters. The Labute approximate surface area is 260 Å². The molecule has 3 aromatic rings. The molecule has 2 saturated heterocycles. The Balaban J connectivity index is 1.17. The van der Waals surface area contributed by atoms with Crippen LogP contribution in [0, 0.1) is 0 Å². The highest BCUT2D eigenvalue weighted by molar-refractivity contribution is 7.92. The number of pyridine rings is 1. The number of fused-ring (bicyclic) bond motifs is 1. The van der Waals surface area contributed by atoms with Crippen LogP contribution >= 0.6 is 0 Å². The third-order valence-corrected chi connectivity index (χ3v) is 11.6. The molecule has 14 nitrogen and oxygen atoms in total. The van der Waals surface area contributed by atoms with Crippen molar-refractivity contribution < 1.29 is 46.1 Å². The van der Waals surface area contributed by atoms with Crippen LogP contribution in [0.5, 0.6) is 5.75 Å². The molecule has 4 N–H and O–H groups in total. The van der Waals surface area contributed by atoms with Crippen molar-refractivity contribution in [3.63, 3.8) is 0 Å². The highest BCUT2D eigenvalue weighted by Crippen LogP contribution is 2.39. The number of amides is 2. The average molecular weight is 663 g/mol. The minimum absolute atomic E-state index is 0.0843. The van der Waals surface area contributed by atoms with Crippen molar-refractivity contribution in [1.29, 1.82) is 0 Å². The summed E-state index contributed by atoms with van der Waals surface area (Å²) >= 11 is 0. The second-order valence-corrected chi connectivity index (χ2v) is 15.1. The minimum atomic E-state index is -3.97. The number of rotatable bonds is 11. The van der Waals surface area contributed by atoms with E-state index in [2.05, 4.69) is 4.98 Å². The molecule has 3 heterocycles. The molecule has 242 valence electrons. The molecule has 0 aliphatic carbocycles. The van der Waals surface area contributed by atoms with Gasteiger partial charge in [0.25, 0.3) is 0 Å². The maximum absolute atomic E-state index is 13.4. The van der Waals surface area contributed by atoms with E-state index in [1.54, 1.807) is 18.2 Å². The van der Waals surface area contributed by atoms with Crippen molar-refractivity contribution in [1.82, 2.24) is 14.2 Å². The zero-order chi connectivity index (χ0) is 32.4. The van der Waals surface area contributed by atoms with Gasteiger partial charge in [-0.3, -0.25) is 9.78 Å². The fourth-order valence-electron chi connectivity index (χ4n) is 5.73. The van der Waals surface area contributed by atoms with Gasteiger partial charge in [-0.1, -0.05) is 24.3 Å². The maximum Gasteiger partial charge on any atom is 0.407 e. The average Bonchev–Trinajstić information content (AvgIpc) is 3.40. The van der Waals surface area contributed by atoms with Crippen molar-refractivity contribution in [2.75, 3.05) is 38.6 Å². The van der Waals surface area contributed by atoms with E-state index in [1.807, 2.05) is 12.1 Å². The smallest absolute Gasteiger partial charge is 0.407 e. The summed E-state index contributed by atoms with van der Waals surface area (Å²) in [5, 5.41) is 21.3. The summed E-state index contributed by atoms with van der Waals surface area (Å²) in [6.07, 6.45) is -0.0884. The van der Waals surface area contributed by atoms with Gasteiger partial charge in [-0.25, -0.2) is 21.6 Å². The Hall–Kier alpha value is -3.83. The van der Waals surface area contributed by atoms with Crippen molar-refractivity contribution in [3.8, 4) is 5.75 Å². The summed E-state index contributed by atoms with van der Waals surface area (Å²) in [6.45, 7) is -0.160. The number of benzene rings is 2. The second kappa shape index (κ2) is 12.9. The standard InChI is InChI=1S/C29H34N4O10S2/c30-27(35)19-44(38,39)24-6-3-5-23(13-24)42-18-22(34)16-33(28(36)37)21-14-29(43-17-21)8-10-32(11-9-29)45(40,41)25-12-20-4-1-2-7-26(20)31-15-25/h1-7,12-13,15,21-22,34H,8-11,14,16-19H2,(H2,30,35)(H,36,37)/t21?,22-/m0/s1. The van der Waals surface area contributed by atoms with Crippen molar-refractivity contribution in [3.05, 3.63) is 60.8 Å². The topological polar surface area (TPSA) is 207 Å². The number of para-hydroxylation sites is 1. The van der Waals surface area contributed by atoms with Crippen LogP contribution in [0.1, 0.15) is 19.3 Å². The summed E-state index contributed by atoms with van der Waals surface area (Å²) in [5.41, 5.74) is 5.00. The number of aliphatic hydroxyl groups is 1. The SMILES string of the molecule is NC(=O)CS(=O)(=O)c1cccc(OC[C@@H](O)CN(C(=O)O)C2COC3(CCN(S(=O)(=O)c4cnc5ccccc5c4)CC3)C2)c1. The molecule has 1 unspecified atom stereocenters. The van der Waals surface area contributed by atoms with Gasteiger partial charge in [-0.15, -0.1) is 0 Å². The molecule has 1 spiro atoms. The van der Waals surface area contributed by atoms with E-state index in [9.17, 15) is 36.6 Å². The molecule has 1 aromatic heterocycles. The van der Waals surface area contributed by atoms with Gasteiger partial charge in [0.2, 0.25) is 15.9 Å². The fourth-order valence-corrected chi connectivity index (χ4v) is 8.27. The van der Waals surface area contributed by atoms with Gasteiger partial charge < -0.3 is 30.3 Å². The van der Waals surface area contributed by atoms with Crippen molar-refractivity contribution in [2.45, 2.75) is 46.8 Å². The number of sulfone groups is 1. The summed E-state index contributed by atoms with van der Waals surface area (Å²) in [7, 11) is -7.76. The summed E-state index contributed by atoms with van der Waals surface area (Å²) in [5.74, 6) is -1.77. The van der Waals surface area contributed by atoms with Gasteiger partial charge in [-0.05, 0) is 49.6 Å². The fraction of sp³-hybridized carbons (Fsp3) is 0.414.